The highest BCUT2D eigenvalue weighted by Gasteiger charge is 2.19. The fraction of sp³-hybridized carbons (Fsp3) is 0.375. The number of hydrogen-bond acceptors (Lipinski definition) is 4. The number of nitrogen functional groups attached to an aromatic ring is 1. The first kappa shape index (κ1) is 14.3. The van der Waals surface area contributed by atoms with Crippen molar-refractivity contribution in [2.75, 3.05) is 5.73 Å². The van der Waals surface area contributed by atoms with Gasteiger partial charge in [0.1, 0.15) is 17.4 Å². The van der Waals surface area contributed by atoms with Crippen LogP contribution in [0.5, 0.6) is 11.6 Å². The molecule has 0 unspecified atom stereocenters. The third kappa shape index (κ3) is 3.26. The van der Waals surface area contributed by atoms with Gasteiger partial charge in [0.25, 0.3) is 0 Å². The maximum Gasteiger partial charge on any atom is 0.224 e. The van der Waals surface area contributed by atoms with E-state index in [0.717, 1.165) is 11.3 Å². The predicted molar refractivity (Wildman–Crippen MR) is 81.1 cm³/mol. The van der Waals surface area contributed by atoms with Crippen LogP contribution in [0.1, 0.15) is 37.7 Å². The molecule has 2 N–H and O–H groups in total. The standard InChI is InChI=1S/C16H21N3O/c1-10-6-7-12(11(2)8-10)20-14-9-13(17)18-15(19-14)16(3,4)5/h6-9H,1-5H3,(H2,17,18,19). The van der Waals surface area contributed by atoms with Gasteiger partial charge in [0.05, 0.1) is 0 Å². The van der Waals surface area contributed by atoms with Crippen molar-refractivity contribution in [3.05, 3.63) is 41.2 Å². The largest absolute Gasteiger partial charge is 0.439 e. The molecule has 1 aromatic heterocycles. The summed E-state index contributed by atoms with van der Waals surface area (Å²) in [5.41, 5.74) is 7.94. The molecule has 0 atom stereocenters. The van der Waals surface area contributed by atoms with Gasteiger partial charge in [-0.05, 0) is 25.5 Å². The summed E-state index contributed by atoms with van der Waals surface area (Å²) in [6.07, 6.45) is 0. The van der Waals surface area contributed by atoms with E-state index in [1.54, 1.807) is 6.07 Å². The quantitative estimate of drug-likeness (QED) is 0.903. The lowest BCUT2D eigenvalue weighted by atomic mass is 9.96. The number of nitrogens with zero attached hydrogens (tertiary/aromatic N) is 2. The van der Waals surface area contributed by atoms with Crippen LogP contribution in [-0.2, 0) is 5.41 Å². The van der Waals surface area contributed by atoms with Gasteiger partial charge in [-0.3, -0.25) is 0 Å². The van der Waals surface area contributed by atoms with Crippen molar-refractivity contribution in [1.82, 2.24) is 9.97 Å². The fourth-order valence-corrected chi connectivity index (χ4v) is 1.86. The number of hydrogen-bond donors (Lipinski definition) is 1. The van der Waals surface area contributed by atoms with Crippen LogP contribution in [0.3, 0.4) is 0 Å². The molecule has 0 saturated heterocycles. The van der Waals surface area contributed by atoms with Crippen molar-refractivity contribution in [1.29, 1.82) is 0 Å². The Bertz CT molecular complexity index is 630. The summed E-state index contributed by atoms with van der Waals surface area (Å²) in [6, 6.07) is 7.68. The van der Waals surface area contributed by atoms with Gasteiger partial charge in [-0.25, -0.2) is 4.98 Å². The monoisotopic (exact) mass is 271 g/mol. The molecule has 0 aliphatic heterocycles. The van der Waals surface area contributed by atoms with E-state index in [1.807, 2.05) is 39.8 Å². The minimum absolute atomic E-state index is 0.171. The zero-order valence-corrected chi connectivity index (χ0v) is 12.7. The van der Waals surface area contributed by atoms with E-state index in [4.69, 9.17) is 10.5 Å². The minimum Gasteiger partial charge on any atom is -0.439 e. The molecule has 106 valence electrons. The molecule has 0 aliphatic carbocycles. The Morgan fingerprint density at radius 1 is 1.05 bits per heavy atom. The van der Waals surface area contributed by atoms with Crippen molar-refractivity contribution >= 4 is 5.82 Å². The van der Waals surface area contributed by atoms with Gasteiger partial charge in [-0.15, -0.1) is 0 Å². The molecule has 0 spiro atoms. The SMILES string of the molecule is Cc1ccc(Oc2cc(N)nc(C(C)(C)C)n2)c(C)c1. The highest BCUT2D eigenvalue weighted by molar-refractivity contribution is 5.40. The molecule has 2 aromatic rings. The van der Waals surface area contributed by atoms with E-state index < -0.39 is 0 Å². The summed E-state index contributed by atoms with van der Waals surface area (Å²) in [5, 5.41) is 0. The molecule has 0 amide bonds. The second-order valence-corrected chi connectivity index (χ2v) is 6.08. The zero-order chi connectivity index (χ0) is 14.9. The number of aromatic nitrogens is 2. The second kappa shape index (κ2) is 5.12. The number of nitrogens with two attached hydrogens (primary N) is 1. The molecule has 1 heterocycles. The van der Waals surface area contributed by atoms with E-state index in [9.17, 15) is 0 Å². The lowest BCUT2D eigenvalue weighted by Crippen LogP contribution is -2.17. The predicted octanol–water partition coefficient (Wildman–Crippen LogP) is 3.77. The van der Waals surface area contributed by atoms with Crippen LogP contribution in [0.2, 0.25) is 0 Å². The molecule has 0 bridgehead atoms. The zero-order valence-electron chi connectivity index (χ0n) is 12.7. The summed E-state index contributed by atoms with van der Waals surface area (Å²) < 4.78 is 5.85. The molecule has 4 nitrogen and oxygen atoms in total. The number of benzene rings is 1. The number of aryl methyl sites for hydroxylation is 2. The Kier molecular flexibility index (Phi) is 3.66. The van der Waals surface area contributed by atoms with Crippen LogP contribution in [0.4, 0.5) is 5.82 Å². The van der Waals surface area contributed by atoms with Crippen molar-refractivity contribution in [2.24, 2.45) is 0 Å². The summed E-state index contributed by atoms with van der Waals surface area (Å²) in [7, 11) is 0. The van der Waals surface area contributed by atoms with Crippen LogP contribution >= 0.6 is 0 Å². The Morgan fingerprint density at radius 3 is 2.35 bits per heavy atom. The average Bonchev–Trinajstić information content (AvgIpc) is 2.31. The van der Waals surface area contributed by atoms with Gasteiger partial charge in [-0.1, -0.05) is 38.5 Å². The van der Waals surface area contributed by atoms with E-state index in [1.165, 1.54) is 5.56 Å². The highest BCUT2D eigenvalue weighted by atomic mass is 16.5. The van der Waals surface area contributed by atoms with Crippen LogP contribution < -0.4 is 10.5 Å². The minimum atomic E-state index is -0.171. The Labute approximate surface area is 120 Å². The second-order valence-electron chi connectivity index (χ2n) is 6.08. The lowest BCUT2D eigenvalue weighted by molar-refractivity contribution is 0.444. The molecule has 0 radical (unpaired) electrons. The maximum absolute atomic E-state index is 5.85. The Hall–Kier alpha value is -2.10. The van der Waals surface area contributed by atoms with Crippen molar-refractivity contribution < 1.29 is 4.74 Å². The molecule has 0 aliphatic rings. The summed E-state index contributed by atoms with van der Waals surface area (Å²) in [4.78, 5) is 8.72. The first-order valence-corrected chi connectivity index (χ1v) is 6.66. The number of ether oxygens (including phenoxy) is 1. The highest BCUT2D eigenvalue weighted by Crippen LogP contribution is 2.27. The van der Waals surface area contributed by atoms with Crippen LogP contribution in [0.15, 0.2) is 24.3 Å². The third-order valence-electron chi connectivity index (χ3n) is 2.94. The van der Waals surface area contributed by atoms with Crippen molar-refractivity contribution in [3.63, 3.8) is 0 Å². The van der Waals surface area contributed by atoms with Gasteiger partial charge in [0.2, 0.25) is 5.88 Å². The molecule has 1 aromatic carbocycles. The van der Waals surface area contributed by atoms with Crippen molar-refractivity contribution in [3.8, 4) is 11.6 Å². The lowest BCUT2D eigenvalue weighted by Gasteiger charge is -2.18. The van der Waals surface area contributed by atoms with Gasteiger partial charge in [0, 0.05) is 11.5 Å². The average molecular weight is 271 g/mol. The third-order valence-corrected chi connectivity index (χ3v) is 2.94. The Balaban J connectivity index is 2.36. The maximum atomic E-state index is 5.85. The summed E-state index contributed by atoms with van der Waals surface area (Å²) in [6.45, 7) is 10.2. The van der Waals surface area contributed by atoms with Crippen LogP contribution in [0.25, 0.3) is 0 Å². The van der Waals surface area contributed by atoms with Gasteiger partial charge >= 0.3 is 0 Å². The smallest absolute Gasteiger partial charge is 0.224 e. The molecule has 0 saturated carbocycles. The van der Waals surface area contributed by atoms with Gasteiger partial charge in [0.15, 0.2) is 0 Å². The Morgan fingerprint density at radius 2 is 1.75 bits per heavy atom. The van der Waals surface area contributed by atoms with Gasteiger partial charge in [-0.2, -0.15) is 4.98 Å². The van der Waals surface area contributed by atoms with Gasteiger partial charge < -0.3 is 10.5 Å². The molecule has 4 heteroatoms. The van der Waals surface area contributed by atoms with Crippen LogP contribution in [-0.4, -0.2) is 9.97 Å². The molecule has 2 rings (SSSR count). The van der Waals surface area contributed by atoms with Crippen molar-refractivity contribution in [2.45, 2.75) is 40.0 Å². The fourth-order valence-electron chi connectivity index (χ4n) is 1.86. The first-order valence-electron chi connectivity index (χ1n) is 6.66. The molecular weight excluding hydrogens is 250 g/mol. The van der Waals surface area contributed by atoms with Crippen LogP contribution in [0, 0.1) is 13.8 Å². The molecule has 0 fully saturated rings. The normalized spacial score (nSPS) is 11.4. The van der Waals surface area contributed by atoms with E-state index in [-0.39, 0.29) is 5.41 Å². The van der Waals surface area contributed by atoms with E-state index >= 15 is 0 Å². The first-order chi connectivity index (χ1) is 9.25. The number of rotatable bonds is 2. The molecule has 20 heavy (non-hydrogen) atoms. The van der Waals surface area contributed by atoms with E-state index in [0.29, 0.717) is 17.5 Å². The summed E-state index contributed by atoms with van der Waals surface area (Å²) in [5.74, 6) is 2.37. The number of anilines is 1. The topological polar surface area (TPSA) is 61.0 Å². The molecular formula is C16H21N3O. The summed E-state index contributed by atoms with van der Waals surface area (Å²) >= 11 is 0. The van der Waals surface area contributed by atoms with E-state index in [2.05, 4.69) is 23.0 Å².